The normalized spacial score (nSPS) is 15.5. The molecule has 0 aromatic heterocycles. The fourth-order valence-electron chi connectivity index (χ4n) is 2.25. The highest BCUT2D eigenvalue weighted by Gasteiger charge is 2.15. The molecule has 0 amide bonds. The summed E-state index contributed by atoms with van der Waals surface area (Å²) in [6.45, 7) is 2.18. The molecule has 1 nitrogen and oxygen atoms in total. The number of phenols is 1. The van der Waals surface area contributed by atoms with Gasteiger partial charge in [-0.3, -0.25) is 0 Å². The first-order chi connectivity index (χ1) is 6.33. The van der Waals surface area contributed by atoms with Gasteiger partial charge in [-0.1, -0.05) is 13.0 Å². The molecule has 0 fully saturated rings. The molecule has 0 unspecified atom stereocenters. The second kappa shape index (κ2) is 3.41. The van der Waals surface area contributed by atoms with Crippen LogP contribution in [0.15, 0.2) is 12.1 Å². The highest BCUT2D eigenvalue weighted by molar-refractivity contribution is 5.45. The molecule has 2 rings (SSSR count). The molecule has 0 radical (unpaired) electrons. The van der Waals surface area contributed by atoms with E-state index in [9.17, 15) is 5.11 Å². The van der Waals surface area contributed by atoms with Crippen molar-refractivity contribution >= 4 is 0 Å². The Morgan fingerprint density at radius 1 is 1.15 bits per heavy atom. The van der Waals surface area contributed by atoms with Crippen molar-refractivity contribution in [1.82, 2.24) is 0 Å². The van der Waals surface area contributed by atoms with Crippen molar-refractivity contribution < 1.29 is 5.11 Å². The molecule has 0 bridgehead atoms. The summed E-state index contributed by atoms with van der Waals surface area (Å²) in [5.41, 5.74) is 4.06. The molecule has 1 N–H and O–H groups in total. The maximum atomic E-state index is 9.68. The third-order valence-electron chi connectivity index (χ3n) is 2.99. The minimum absolute atomic E-state index is 0.506. The van der Waals surface area contributed by atoms with E-state index in [1.807, 2.05) is 6.07 Å². The summed E-state index contributed by atoms with van der Waals surface area (Å²) in [6.07, 6.45) is 5.82. The SMILES string of the molecule is CCc1ccc(O)c2c1CCCC2. The quantitative estimate of drug-likeness (QED) is 0.697. The lowest BCUT2D eigenvalue weighted by molar-refractivity contribution is 0.461. The maximum Gasteiger partial charge on any atom is 0.119 e. The van der Waals surface area contributed by atoms with Crippen molar-refractivity contribution in [2.75, 3.05) is 0 Å². The second-order valence-corrected chi connectivity index (χ2v) is 3.76. The predicted octanol–water partition coefficient (Wildman–Crippen LogP) is 2.83. The number of hydrogen-bond acceptors (Lipinski definition) is 1. The fourth-order valence-corrected chi connectivity index (χ4v) is 2.25. The highest BCUT2D eigenvalue weighted by Crippen LogP contribution is 2.31. The van der Waals surface area contributed by atoms with E-state index < -0.39 is 0 Å². The number of rotatable bonds is 1. The lowest BCUT2D eigenvalue weighted by atomic mass is 9.87. The fraction of sp³-hybridized carbons (Fsp3) is 0.500. The number of benzene rings is 1. The van der Waals surface area contributed by atoms with Gasteiger partial charge in [0.05, 0.1) is 0 Å². The van der Waals surface area contributed by atoms with Crippen LogP contribution >= 0.6 is 0 Å². The van der Waals surface area contributed by atoms with Crippen LogP contribution in [-0.2, 0) is 19.3 Å². The number of aryl methyl sites for hydroxylation is 1. The Labute approximate surface area is 79.4 Å². The van der Waals surface area contributed by atoms with Gasteiger partial charge in [0, 0.05) is 0 Å². The minimum atomic E-state index is 0.506. The minimum Gasteiger partial charge on any atom is -0.508 e. The largest absolute Gasteiger partial charge is 0.508 e. The van der Waals surface area contributed by atoms with Crippen molar-refractivity contribution in [2.24, 2.45) is 0 Å². The Kier molecular flexibility index (Phi) is 2.26. The summed E-state index contributed by atoms with van der Waals surface area (Å²) in [7, 11) is 0. The van der Waals surface area contributed by atoms with Gasteiger partial charge in [-0.05, 0) is 54.9 Å². The maximum absolute atomic E-state index is 9.68. The van der Waals surface area contributed by atoms with Crippen molar-refractivity contribution in [2.45, 2.75) is 39.0 Å². The Hall–Kier alpha value is -0.980. The van der Waals surface area contributed by atoms with Crippen LogP contribution in [0.25, 0.3) is 0 Å². The van der Waals surface area contributed by atoms with Gasteiger partial charge < -0.3 is 5.11 Å². The Morgan fingerprint density at radius 3 is 2.54 bits per heavy atom. The molecule has 0 spiro atoms. The number of fused-ring (bicyclic) bond motifs is 1. The zero-order valence-corrected chi connectivity index (χ0v) is 8.14. The molecule has 1 aromatic rings. The monoisotopic (exact) mass is 176 g/mol. The number of aromatic hydroxyl groups is 1. The van der Waals surface area contributed by atoms with Crippen LogP contribution in [0.3, 0.4) is 0 Å². The van der Waals surface area contributed by atoms with Crippen LogP contribution in [-0.4, -0.2) is 5.11 Å². The standard InChI is InChI=1S/C12H16O/c1-2-9-7-8-12(13)11-6-4-3-5-10(9)11/h7-8,13H,2-6H2,1H3. The van der Waals surface area contributed by atoms with E-state index in [2.05, 4.69) is 13.0 Å². The van der Waals surface area contributed by atoms with Crippen molar-refractivity contribution in [3.63, 3.8) is 0 Å². The van der Waals surface area contributed by atoms with E-state index in [-0.39, 0.29) is 0 Å². The van der Waals surface area contributed by atoms with Crippen LogP contribution in [0.4, 0.5) is 0 Å². The average Bonchev–Trinajstić information content (AvgIpc) is 2.19. The average molecular weight is 176 g/mol. The molecule has 1 aliphatic rings. The van der Waals surface area contributed by atoms with Crippen LogP contribution < -0.4 is 0 Å². The molecule has 70 valence electrons. The molecule has 13 heavy (non-hydrogen) atoms. The molecule has 0 saturated carbocycles. The highest BCUT2D eigenvalue weighted by atomic mass is 16.3. The first-order valence-corrected chi connectivity index (χ1v) is 5.15. The molecule has 0 atom stereocenters. The predicted molar refractivity (Wildman–Crippen MR) is 54.1 cm³/mol. The molecule has 1 aliphatic carbocycles. The smallest absolute Gasteiger partial charge is 0.119 e. The Balaban J connectivity index is 2.52. The molecule has 0 heterocycles. The lowest BCUT2D eigenvalue weighted by Crippen LogP contribution is -2.06. The molecular formula is C12H16O. The van der Waals surface area contributed by atoms with Gasteiger partial charge in [0.1, 0.15) is 5.75 Å². The summed E-state index contributed by atoms with van der Waals surface area (Å²) < 4.78 is 0. The van der Waals surface area contributed by atoms with Crippen LogP contribution in [0.5, 0.6) is 5.75 Å². The first kappa shape index (κ1) is 8.61. The topological polar surface area (TPSA) is 20.2 Å². The Morgan fingerprint density at radius 2 is 1.85 bits per heavy atom. The number of hydrogen-bond donors (Lipinski definition) is 1. The third kappa shape index (κ3) is 1.43. The van der Waals surface area contributed by atoms with E-state index in [0.717, 1.165) is 19.3 Å². The van der Waals surface area contributed by atoms with Gasteiger partial charge >= 0.3 is 0 Å². The van der Waals surface area contributed by atoms with Crippen LogP contribution in [0.1, 0.15) is 36.5 Å². The van der Waals surface area contributed by atoms with Gasteiger partial charge in [0.25, 0.3) is 0 Å². The van der Waals surface area contributed by atoms with E-state index >= 15 is 0 Å². The summed E-state index contributed by atoms with van der Waals surface area (Å²) in [5, 5.41) is 9.68. The van der Waals surface area contributed by atoms with E-state index in [0.29, 0.717) is 5.75 Å². The lowest BCUT2D eigenvalue weighted by Gasteiger charge is -2.19. The summed E-state index contributed by atoms with van der Waals surface area (Å²) >= 11 is 0. The van der Waals surface area contributed by atoms with Crippen molar-refractivity contribution in [1.29, 1.82) is 0 Å². The summed E-state index contributed by atoms with van der Waals surface area (Å²) in [6, 6.07) is 3.92. The third-order valence-corrected chi connectivity index (χ3v) is 2.99. The molecule has 1 heteroatoms. The van der Waals surface area contributed by atoms with Crippen molar-refractivity contribution in [3.05, 3.63) is 28.8 Å². The van der Waals surface area contributed by atoms with Gasteiger partial charge in [-0.2, -0.15) is 0 Å². The zero-order chi connectivity index (χ0) is 9.26. The van der Waals surface area contributed by atoms with Crippen LogP contribution in [0, 0.1) is 0 Å². The van der Waals surface area contributed by atoms with Gasteiger partial charge in [0.15, 0.2) is 0 Å². The Bertz CT molecular complexity index is 315. The van der Waals surface area contributed by atoms with Gasteiger partial charge in [-0.25, -0.2) is 0 Å². The number of phenolic OH excluding ortho intramolecular Hbond substituents is 1. The molecule has 1 aromatic carbocycles. The van der Waals surface area contributed by atoms with Crippen LogP contribution in [0.2, 0.25) is 0 Å². The summed E-state index contributed by atoms with van der Waals surface area (Å²) in [5.74, 6) is 0.506. The van der Waals surface area contributed by atoms with E-state index in [1.54, 1.807) is 0 Å². The van der Waals surface area contributed by atoms with Gasteiger partial charge in [0.2, 0.25) is 0 Å². The molecule has 0 aliphatic heterocycles. The van der Waals surface area contributed by atoms with Gasteiger partial charge in [-0.15, -0.1) is 0 Å². The molecule has 0 saturated heterocycles. The summed E-state index contributed by atoms with van der Waals surface area (Å²) in [4.78, 5) is 0. The van der Waals surface area contributed by atoms with E-state index in [1.165, 1.54) is 29.5 Å². The zero-order valence-electron chi connectivity index (χ0n) is 8.14. The first-order valence-electron chi connectivity index (χ1n) is 5.15. The molecular weight excluding hydrogens is 160 g/mol. The second-order valence-electron chi connectivity index (χ2n) is 3.76. The van der Waals surface area contributed by atoms with Crippen molar-refractivity contribution in [3.8, 4) is 5.75 Å². The van der Waals surface area contributed by atoms with E-state index in [4.69, 9.17) is 0 Å².